The van der Waals surface area contributed by atoms with Gasteiger partial charge in [-0.25, -0.2) is 18.9 Å². The van der Waals surface area contributed by atoms with Crippen LogP contribution in [0.15, 0.2) is 66.9 Å². The predicted molar refractivity (Wildman–Crippen MR) is 152 cm³/mol. The normalized spacial score (nSPS) is 11.2. The summed E-state index contributed by atoms with van der Waals surface area (Å²) in [7, 11) is 0. The second kappa shape index (κ2) is 11.5. The average molecular weight is 529 g/mol. The van der Waals surface area contributed by atoms with Crippen molar-refractivity contribution in [2.45, 2.75) is 52.9 Å². The minimum Gasteiger partial charge on any atom is -0.311 e. The first-order valence-corrected chi connectivity index (χ1v) is 12.7. The van der Waals surface area contributed by atoms with Crippen molar-refractivity contribution in [3.8, 4) is 5.69 Å². The van der Waals surface area contributed by atoms with Crippen LogP contribution in [0.3, 0.4) is 0 Å². The van der Waals surface area contributed by atoms with E-state index in [4.69, 9.17) is 5.10 Å². The summed E-state index contributed by atoms with van der Waals surface area (Å²) in [5.74, 6) is 0.242. The topological polar surface area (TPSA) is 101 Å². The van der Waals surface area contributed by atoms with Gasteiger partial charge < -0.3 is 10.6 Å². The van der Waals surface area contributed by atoms with Gasteiger partial charge in [0.25, 0.3) is 0 Å². The van der Waals surface area contributed by atoms with Crippen molar-refractivity contribution in [3.63, 3.8) is 0 Å². The van der Waals surface area contributed by atoms with Crippen LogP contribution in [0, 0.1) is 12.7 Å². The number of urea groups is 1. The highest BCUT2D eigenvalue weighted by Gasteiger charge is 2.22. The maximum Gasteiger partial charge on any atom is 0.324 e. The molecule has 0 bridgehead atoms. The molecule has 2 heterocycles. The number of anilines is 3. The number of aryl methyl sites for hydroxylation is 3. The maximum absolute atomic E-state index is 14.9. The monoisotopic (exact) mass is 528 g/mol. The Bertz CT molecular complexity index is 1490. The predicted octanol–water partition coefficient (Wildman–Crippen LogP) is 6.40. The third-order valence-electron chi connectivity index (χ3n) is 6.11. The van der Waals surface area contributed by atoms with Crippen molar-refractivity contribution in [3.05, 3.63) is 95.1 Å². The summed E-state index contributed by atoms with van der Waals surface area (Å²) in [5, 5.41) is 12.8. The van der Waals surface area contributed by atoms with Gasteiger partial charge in [-0.3, -0.25) is 10.1 Å². The second-order valence-electron chi connectivity index (χ2n) is 10.5. The summed E-state index contributed by atoms with van der Waals surface area (Å²) < 4.78 is 16.6. The van der Waals surface area contributed by atoms with Gasteiger partial charge in [-0.1, -0.05) is 44.5 Å². The molecule has 0 spiro atoms. The Morgan fingerprint density at radius 1 is 0.897 bits per heavy atom. The highest BCUT2D eigenvalue weighted by molar-refractivity contribution is 5.99. The number of rotatable bonds is 7. The second-order valence-corrected chi connectivity index (χ2v) is 10.5. The molecular weight excluding hydrogens is 495 g/mol. The van der Waals surface area contributed by atoms with E-state index in [0.717, 1.165) is 28.1 Å². The number of halogens is 1. The molecule has 0 aliphatic rings. The number of nitrogens with zero attached hydrogens (tertiary/aromatic N) is 3. The number of amides is 3. The number of carbonyl (C=O) groups excluding carboxylic acids is 2. The van der Waals surface area contributed by atoms with Crippen LogP contribution in [0.2, 0.25) is 0 Å². The average Bonchev–Trinajstić information content (AvgIpc) is 3.29. The van der Waals surface area contributed by atoms with E-state index in [9.17, 15) is 14.0 Å². The van der Waals surface area contributed by atoms with Gasteiger partial charge in [0.2, 0.25) is 5.91 Å². The summed E-state index contributed by atoms with van der Waals surface area (Å²) in [6.45, 7) is 9.57. The van der Waals surface area contributed by atoms with Gasteiger partial charge in [0.1, 0.15) is 17.5 Å². The molecule has 3 N–H and O–H groups in total. The Morgan fingerprint density at radius 3 is 2.23 bits per heavy atom. The van der Waals surface area contributed by atoms with Crippen molar-refractivity contribution in [1.29, 1.82) is 0 Å². The molecule has 0 aliphatic heterocycles. The SMILES string of the molecule is CC(=O)Nc1cc(CCc2ccc(NC(=O)Nc3cc(C(C)(C)C)nn3-c3ccc(C)cc3)c(F)c2)ccn1. The first-order chi connectivity index (χ1) is 18.5. The minimum atomic E-state index is -0.572. The molecule has 39 heavy (non-hydrogen) atoms. The Hall–Kier alpha value is -4.53. The minimum absolute atomic E-state index is 0.0746. The fraction of sp³-hybridized carbons (Fsp3) is 0.267. The lowest BCUT2D eigenvalue weighted by atomic mass is 9.92. The number of pyridine rings is 1. The van der Waals surface area contributed by atoms with Crippen molar-refractivity contribution in [1.82, 2.24) is 14.8 Å². The quantitative estimate of drug-likeness (QED) is 0.258. The summed E-state index contributed by atoms with van der Waals surface area (Å²) >= 11 is 0. The number of carbonyl (C=O) groups is 2. The summed E-state index contributed by atoms with van der Waals surface area (Å²) in [5.41, 5.74) is 4.33. The number of hydrogen-bond acceptors (Lipinski definition) is 4. The van der Waals surface area contributed by atoms with Crippen LogP contribution in [0.25, 0.3) is 5.69 Å². The standard InChI is InChI=1S/C30H33FN6O2/c1-19-6-11-23(12-7-19)37-28(18-26(36-37)30(3,4)5)35-29(39)34-25-13-10-21(16-24(25)31)8-9-22-14-15-32-27(17-22)33-20(2)38/h6-7,10-18H,8-9H2,1-5H3,(H,32,33,38)(H2,34,35,39). The number of benzene rings is 2. The van der Waals surface area contributed by atoms with Crippen LogP contribution >= 0.6 is 0 Å². The van der Waals surface area contributed by atoms with Gasteiger partial charge in [-0.2, -0.15) is 5.10 Å². The molecule has 2 aromatic heterocycles. The van der Waals surface area contributed by atoms with Crippen molar-refractivity contribution in [2.75, 3.05) is 16.0 Å². The van der Waals surface area contributed by atoms with E-state index in [2.05, 4.69) is 20.9 Å². The maximum atomic E-state index is 14.9. The zero-order chi connectivity index (χ0) is 28.2. The van der Waals surface area contributed by atoms with Crippen molar-refractivity contribution >= 4 is 29.3 Å². The molecular formula is C30H33FN6O2. The molecule has 0 atom stereocenters. The van der Waals surface area contributed by atoms with E-state index in [1.807, 2.05) is 64.1 Å². The Morgan fingerprint density at radius 2 is 1.59 bits per heavy atom. The molecule has 8 nitrogen and oxygen atoms in total. The molecule has 202 valence electrons. The van der Waals surface area contributed by atoms with E-state index in [0.29, 0.717) is 24.5 Å². The summed E-state index contributed by atoms with van der Waals surface area (Å²) in [6.07, 6.45) is 2.85. The zero-order valence-electron chi connectivity index (χ0n) is 22.8. The molecule has 2 aromatic carbocycles. The zero-order valence-corrected chi connectivity index (χ0v) is 22.8. The van der Waals surface area contributed by atoms with E-state index in [1.165, 1.54) is 13.0 Å². The van der Waals surface area contributed by atoms with Crippen LogP contribution < -0.4 is 16.0 Å². The summed E-state index contributed by atoms with van der Waals surface area (Å²) in [4.78, 5) is 28.2. The number of aromatic nitrogens is 3. The molecule has 0 fully saturated rings. The summed E-state index contributed by atoms with van der Waals surface area (Å²) in [6, 6.07) is 17.5. The van der Waals surface area contributed by atoms with Gasteiger partial charge >= 0.3 is 6.03 Å². The molecule has 4 rings (SSSR count). The highest BCUT2D eigenvalue weighted by atomic mass is 19.1. The molecule has 0 radical (unpaired) electrons. The van der Waals surface area contributed by atoms with E-state index >= 15 is 0 Å². The van der Waals surface area contributed by atoms with Crippen LogP contribution in [-0.2, 0) is 23.1 Å². The van der Waals surface area contributed by atoms with Gasteiger partial charge in [-0.05, 0) is 67.3 Å². The lowest BCUT2D eigenvalue weighted by Crippen LogP contribution is -2.22. The third-order valence-corrected chi connectivity index (χ3v) is 6.11. The molecule has 0 unspecified atom stereocenters. The largest absolute Gasteiger partial charge is 0.324 e. The van der Waals surface area contributed by atoms with Gasteiger partial charge in [0.05, 0.1) is 17.1 Å². The molecule has 9 heteroatoms. The Balaban J connectivity index is 1.44. The first-order valence-electron chi connectivity index (χ1n) is 12.7. The van der Waals surface area contributed by atoms with Gasteiger partial charge in [0.15, 0.2) is 0 Å². The molecule has 0 saturated carbocycles. The van der Waals surface area contributed by atoms with E-state index in [1.54, 1.807) is 29.1 Å². The van der Waals surface area contributed by atoms with Gasteiger partial charge in [0, 0.05) is 24.6 Å². The fourth-order valence-corrected chi connectivity index (χ4v) is 3.97. The Kier molecular flexibility index (Phi) is 8.09. The first kappa shape index (κ1) is 27.5. The molecule has 0 aliphatic carbocycles. The molecule has 4 aromatic rings. The van der Waals surface area contributed by atoms with Gasteiger partial charge in [-0.15, -0.1) is 0 Å². The smallest absolute Gasteiger partial charge is 0.311 e. The lowest BCUT2D eigenvalue weighted by molar-refractivity contribution is -0.114. The fourth-order valence-electron chi connectivity index (χ4n) is 3.97. The Labute approximate surface area is 227 Å². The van der Waals surface area contributed by atoms with Crippen LogP contribution in [0.4, 0.5) is 26.5 Å². The van der Waals surface area contributed by atoms with E-state index in [-0.39, 0.29) is 17.0 Å². The van der Waals surface area contributed by atoms with Crippen molar-refractivity contribution < 1.29 is 14.0 Å². The number of hydrogen-bond donors (Lipinski definition) is 3. The molecule has 0 saturated heterocycles. The lowest BCUT2D eigenvalue weighted by Gasteiger charge is -2.14. The van der Waals surface area contributed by atoms with Crippen LogP contribution in [0.5, 0.6) is 0 Å². The highest BCUT2D eigenvalue weighted by Crippen LogP contribution is 2.27. The van der Waals surface area contributed by atoms with Crippen molar-refractivity contribution in [2.24, 2.45) is 0 Å². The van der Waals surface area contributed by atoms with E-state index < -0.39 is 11.8 Å². The molecule has 3 amide bonds. The van der Waals surface area contributed by atoms with Crippen LogP contribution in [-0.4, -0.2) is 26.7 Å². The third kappa shape index (κ3) is 7.28. The number of nitrogens with one attached hydrogen (secondary N) is 3. The van der Waals surface area contributed by atoms with Crippen LogP contribution in [0.1, 0.15) is 50.1 Å².